The van der Waals surface area contributed by atoms with Gasteiger partial charge in [0.15, 0.2) is 0 Å². The first-order valence-corrected chi connectivity index (χ1v) is 11.5. The lowest BCUT2D eigenvalue weighted by Gasteiger charge is -2.45. The molecule has 0 radical (unpaired) electrons. The van der Waals surface area contributed by atoms with E-state index in [1.165, 1.54) is 0 Å². The van der Waals surface area contributed by atoms with E-state index in [1.807, 2.05) is 13.8 Å². The zero-order valence-corrected chi connectivity index (χ0v) is 18.1. The van der Waals surface area contributed by atoms with Gasteiger partial charge in [-0.2, -0.15) is 0 Å². The van der Waals surface area contributed by atoms with Crippen LogP contribution in [-0.4, -0.2) is 80.6 Å². The van der Waals surface area contributed by atoms with Gasteiger partial charge in [-0.25, -0.2) is 13.1 Å². The standard InChI is InChI=1S/C18H34N4O4S/c1-12(2)16(23)19-8-15-17(24)22-9-13(20-27(6,25)26)7-14(22)10-21(15)11-18(3,4)5/h12-15,20H,7-11H2,1-6H3,(H,19,23)/t13-,14-,15-/m0/s1. The number of carbonyl (C=O) groups excluding carboxylic acids is 2. The van der Waals surface area contributed by atoms with E-state index in [0.717, 1.165) is 12.8 Å². The maximum atomic E-state index is 13.2. The van der Waals surface area contributed by atoms with E-state index >= 15 is 0 Å². The fraction of sp³-hybridized carbons (Fsp3) is 0.889. The van der Waals surface area contributed by atoms with Crippen molar-refractivity contribution in [3.63, 3.8) is 0 Å². The number of nitrogens with one attached hydrogen (secondary N) is 2. The van der Waals surface area contributed by atoms with Crippen LogP contribution in [-0.2, 0) is 19.6 Å². The molecule has 2 amide bonds. The highest BCUT2D eigenvalue weighted by Gasteiger charge is 2.46. The molecule has 0 aromatic carbocycles. The summed E-state index contributed by atoms with van der Waals surface area (Å²) >= 11 is 0. The Balaban J connectivity index is 2.15. The summed E-state index contributed by atoms with van der Waals surface area (Å²) in [6, 6.07) is -0.675. The summed E-state index contributed by atoms with van der Waals surface area (Å²) in [5, 5.41) is 2.89. The molecular formula is C18H34N4O4S. The summed E-state index contributed by atoms with van der Waals surface area (Å²) in [5.74, 6) is -0.237. The van der Waals surface area contributed by atoms with Crippen LogP contribution in [0.1, 0.15) is 41.0 Å². The Hall–Kier alpha value is -1.19. The second-order valence-corrected chi connectivity index (χ2v) is 11.2. The van der Waals surface area contributed by atoms with E-state index < -0.39 is 16.1 Å². The fourth-order valence-electron chi connectivity index (χ4n) is 3.90. The molecule has 2 fully saturated rings. The van der Waals surface area contributed by atoms with Crippen molar-refractivity contribution in [2.24, 2.45) is 11.3 Å². The summed E-state index contributed by atoms with van der Waals surface area (Å²) < 4.78 is 25.7. The van der Waals surface area contributed by atoms with Crippen LogP contribution in [0.15, 0.2) is 0 Å². The average Bonchev–Trinajstić information content (AvgIpc) is 2.85. The first-order chi connectivity index (χ1) is 12.3. The molecule has 2 aliphatic heterocycles. The zero-order valence-electron chi connectivity index (χ0n) is 17.3. The topological polar surface area (TPSA) is 98.8 Å². The van der Waals surface area contributed by atoms with Crippen LogP contribution >= 0.6 is 0 Å². The Labute approximate surface area is 163 Å². The van der Waals surface area contributed by atoms with Gasteiger partial charge in [0.2, 0.25) is 21.8 Å². The van der Waals surface area contributed by atoms with Gasteiger partial charge in [0.1, 0.15) is 6.04 Å². The minimum absolute atomic E-state index is 0.00356. The van der Waals surface area contributed by atoms with Crippen LogP contribution in [0.25, 0.3) is 0 Å². The third kappa shape index (κ3) is 6.15. The van der Waals surface area contributed by atoms with Gasteiger partial charge in [0, 0.05) is 44.2 Å². The highest BCUT2D eigenvalue weighted by atomic mass is 32.2. The Kier molecular flexibility index (Phi) is 6.59. The zero-order chi connectivity index (χ0) is 20.6. The summed E-state index contributed by atoms with van der Waals surface area (Å²) in [6.45, 7) is 12.1. The highest BCUT2D eigenvalue weighted by molar-refractivity contribution is 7.88. The number of piperazine rings is 1. The minimum atomic E-state index is -3.31. The van der Waals surface area contributed by atoms with Crippen molar-refractivity contribution in [3.8, 4) is 0 Å². The number of carbonyl (C=O) groups is 2. The second kappa shape index (κ2) is 8.05. The van der Waals surface area contributed by atoms with E-state index in [0.29, 0.717) is 19.5 Å². The quantitative estimate of drug-likeness (QED) is 0.652. The molecule has 9 heteroatoms. The number of rotatable bonds is 6. The van der Waals surface area contributed by atoms with Crippen molar-refractivity contribution in [1.29, 1.82) is 0 Å². The molecule has 0 aromatic heterocycles. The van der Waals surface area contributed by atoms with Crippen LogP contribution < -0.4 is 10.0 Å². The monoisotopic (exact) mass is 402 g/mol. The van der Waals surface area contributed by atoms with E-state index in [9.17, 15) is 18.0 Å². The normalized spacial score (nSPS) is 27.1. The molecule has 2 aliphatic rings. The van der Waals surface area contributed by atoms with Crippen molar-refractivity contribution >= 4 is 21.8 Å². The van der Waals surface area contributed by atoms with Crippen LogP contribution in [0.5, 0.6) is 0 Å². The summed E-state index contributed by atoms with van der Waals surface area (Å²) in [4.78, 5) is 29.1. The smallest absolute Gasteiger partial charge is 0.242 e. The van der Waals surface area contributed by atoms with Crippen molar-refractivity contribution in [1.82, 2.24) is 19.8 Å². The number of amides is 2. The van der Waals surface area contributed by atoms with E-state index in [2.05, 4.69) is 35.7 Å². The van der Waals surface area contributed by atoms with Crippen LogP contribution in [0, 0.1) is 11.3 Å². The van der Waals surface area contributed by atoms with Crippen LogP contribution in [0.2, 0.25) is 0 Å². The number of nitrogens with zero attached hydrogens (tertiary/aromatic N) is 2. The van der Waals surface area contributed by atoms with Crippen molar-refractivity contribution in [3.05, 3.63) is 0 Å². The number of fused-ring (bicyclic) bond motifs is 1. The third-order valence-corrected chi connectivity index (χ3v) is 5.68. The summed E-state index contributed by atoms with van der Waals surface area (Å²) in [6.07, 6.45) is 1.76. The molecule has 2 N–H and O–H groups in total. The largest absolute Gasteiger partial charge is 0.354 e. The summed E-state index contributed by atoms with van der Waals surface area (Å²) in [5.41, 5.74) is 0.00572. The Morgan fingerprint density at radius 1 is 1.26 bits per heavy atom. The predicted octanol–water partition coefficient (Wildman–Crippen LogP) is 0.00760. The van der Waals surface area contributed by atoms with E-state index in [1.54, 1.807) is 4.90 Å². The molecule has 2 saturated heterocycles. The van der Waals surface area contributed by atoms with Gasteiger partial charge in [0.25, 0.3) is 0 Å². The number of sulfonamides is 1. The van der Waals surface area contributed by atoms with Crippen molar-refractivity contribution in [2.75, 3.05) is 32.4 Å². The molecule has 0 saturated carbocycles. The SMILES string of the molecule is CC(C)C(=O)NC[C@H]1C(=O)N2C[C@@H](NS(C)(=O)=O)C[C@H]2CN1CC(C)(C)C. The van der Waals surface area contributed by atoms with Crippen molar-refractivity contribution < 1.29 is 18.0 Å². The molecule has 3 atom stereocenters. The molecule has 0 spiro atoms. The maximum Gasteiger partial charge on any atom is 0.242 e. The number of hydrogen-bond acceptors (Lipinski definition) is 5. The van der Waals surface area contributed by atoms with Gasteiger partial charge >= 0.3 is 0 Å². The molecule has 0 bridgehead atoms. The molecule has 156 valence electrons. The molecule has 27 heavy (non-hydrogen) atoms. The maximum absolute atomic E-state index is 13.2. The first-order valence-electron chi connectivity index (χ1n) is 9.56. The lowest BCUT2D eigenvalue weighted by molar-refractivity contribution is -0.144. The van der Waals surface area contributed by atoms with E-state index in [-0.39, 0.29) is 41.8 Å². The lowest BCUT2D eigenvalue weighted by atomic mass is 9.93. The highest BCUT2D eigenvalue weighted by Crippen LogP contribution is 2.29. The van der Waals surface area contributed by atoms with Crippen LogP contribution in [0.3, 0.4) is 0 Å². The average molecular weight is 403 g/mol. The third-order valence-electron chi connectivity index (χ3n) is 4.92. The summed E-state index contributed by atoms with van der Waals surface area (Å²) in [7, 11) is -3.31. The fourth-order valence-corrected chi connectivity index (χ4v) is 4.67. The number of hydrogen-bond donors (Lipinski definition) is 2. The Morgan fingerprint density at radius 3 is 2.41 bits per heavy atom. The van der Waals surface area contributed by atoms with Gasteiger partial charge in [0.05, 0.1) is 6.26 Å². The van der Waals surface area contributed by atoms with Crippen molar-refractivity contribution in [2.45, 2.75) is 59.2 Å². The van der Waals surface area contributed by atoms with E-state index in [4.69, 9.17) is 0 Å². The molecule has 0 aliphatic carbocycles. The predicted molar refractivity (Wildman–Crippen MR) is 105 cm³/mol. The molecule has 0 unspecified atom stereocenters. The van der Waals surface area contributed by atoms with Gasteiger partial charge in [-0.15, -0.1) is 0 Å². The van der Waals surface area contributed by atoms with Gasteiger partial charge in [-0.1, -0.05) is 34.6 Å². The Morgan fingerprint density at radius 2 is 1.89 bits per heavy atom. The molecule has 8 nitrogen and oxygen atoms in total. The van der Waals surface area contributed by atoms with Gasteiger partial charge < -0.3 is 10.2 Å². The van der Waals surface area contributed by atoms with Crippen LogP contribution in [0.4, 0.5) is 0 Å². The molecule has 2 heterocycles. The van der Waals surface area contributed by atoms with Gasteiger partial charge in [-0.05, 0) is 11.8 Å². The molecule has 0 aromatic rings. The van der Waals surface area contributed by atoms with Gasteiger partial charge in [-0.3, -0.25) is 14.5 Å². The minimum Gasteiger partial charge on any atom is -0.354 e. The lowest BCUT2D eigenvalue weighted by Crippen LogP contribution is -2.63. The molecule has 2 rings (SSSR count). The first kappa shape index (κ1) is 22.1. The Bertz CT molecular complexity index is 671. The second-order valence-electron chi connectivity index (χ2n) is 9.37. The molecular weight excluding hydrogens is 368 g/mol.